The number of benzene rings is 3. The number of carbonyl (C=O) groups excluding carboxylic acids is 2. The Labute approximate surface area is 182 Å². The van der Waals surface area contributed by atoms with Gasteiger partial charge in [-0.3, -0.25) is 9.59 Å². The highest BCUT2D eigenvalue weighted by Gasteiger charge is 2.27. The highest BCUT2D eigenvalue weighted by molar-refractivity contribution is 9.10. The first-order valence-electron chi connectivity index (χ1n) is 9.17. The minimum atomic E-state index is -0.196. The summed E-state index contributed by atoms with van der Waals surface area (Å²) in [6.45, 7) is -0.108. The molecule has 1 heterocycles. The Kier molecular flexibility index (Phi) is 5.68. The quantitative estimate of drug-likeness (QED) is 0.364. The number of ketones is 2. The van der Waals surface area contributed by atoms with Crippen LogP contribution >= 0.6 is 15.9 Å². The van der Waals surface area contributed by atoms with Crippen LogP contribution in [0.2, 0.25) is 0 Å². The van der Waals surface area contributed by atoms with E-state index in [9.17, 15) is 9.59 Å². The SMILES string of the molecule is COc1ccc(C=C2Oc3cc(OCC(=O)c4ccc(Br)cc4)ccc3C2=O)cc1. The molecule has 0 atom stereocenters. The molecule has 1 aliphatic heterocycles. The number of ether oxygens (including phenoxy) is 3. The molecule has 5 nitrogen and oxygen atoms in total. The van der Waals surface area contributed by atoms with Gasteiger partial charge in [0.15, 0.2) is 18.1 Å². The maximum atomic E-state index is 12.6. The van der Waals surface area contributed by atoms with E-state index >= 15 is 0 Å². The fourth-order valence-corrected chi connectivity index (χ4v) is 3.24. The molecule has 0 saturated heterocycles. The minimum Gasteiger partial charge on any atom is -0.497 e. The third-order valence-corrected chi connectivity index (χ3v) is 5.12. The molecule has 0 aromatic heterocycles. The summed E-state index contributed by atoms with van der Waals surface area (Å²) in [5, 5.41) is 0. The van der Waals surface area contributed by atoms with Crippen molar-refractivity contribution in [2.24, 2.45) is 0 Å². The van der Waals surface area contributed by atoms with Gasteiger partial charge in [-0.25, -0.2) is 0 Å². The predicted molar refractivity (Wildman–Crippen MR) is 116 cm³/mol. The van der Waals surface area contributed by atoms with E-state index in [1.54, 1.807) is 55.7 Å². The van der Waals surface area contributed by atoms with Gasteiger partial charge in [-0.1, -0.05) is 40.2 Å². The van der Waals surface area contributed by atoms with Crippen molar-refractivity contribution in [2.75, 3.05) is 13.7 Å². The standard InChI is InChI=1S/C24H17BrO5/c1-28-18-8-2-15(3-9-18)12-23-24(27)20-11-10-19(13-22(20)30-23)29-14-21(26)16-4-6-17(25)7-5-16/h2-13H,14H2,1H3. The number of Topliss-reactive ketones (excluding diaryl/α,β-unsaturated/α-hetero) is 2. The Morgan fingerprint density at radius 2 is 1.70 bits per heavy atom. The third kappa shape index (κ3) is 4.28. The van der Waals surface area contributed by atoms with Crippen molar-refractivity contribution < 1.29 is 23.8 Å². The van der Waals surface area contributed by atoms with Gasteiger partial charge < -0.3 is 14.2 Å². The van der Waals surface area contributed by atoms with Crippen molar-refractivity contribution >= 4 is 33.6 Å². The first-order valence-corrected chi connectivity index (χ1v) is 9.97. The normalized spacial score (nSPS) is 13.7. The number of rotatable bonds is 6. The molecule has 3 aromatic carbocycles. The molecule has 30 heavy (non-hydrogen) atoms. The van der Waals surface area contributed by atoms with E-state index in [1.807, 2.05) is 24.3 Å². The zero-order chi connectivity index (χ0) is 21.1. The summed E-state index contributed by atoms with van der Waals surface area (Å²) in [6.07, 6.45) is 1.68. The number of methoxy groups -OCH3 is 1. The van der Waals surface area contributed by atoms with Crippen LogP contribution in [0.15, 0.2) is 77.0 Å². The maximum absolute atomic E-state index is 12.6. The number of hydrogen-bond acceptors (Lipinski definition) is 5. The molecule has 150 valence electrons. The smallest absolute Gasteiger partial charge is 0.231 e. The average molecular weight is 465 g/mol. The van der Waals surface area contributed by atoms with E-state index in [0.717, 1.165) is 15.8 Å². The minimum absolute atomic E-state index is 0.108. The molecule has 6 heteroatoms. The molecule has 1 aliphatic rings. The molecule has 0 saturated carbocycles. The maximum Gasteiger partial charge on any atom is 0.231 e. The number of allylic oxidation sites excluding steroid dienone is 1. The Bertz CT molecular complexity index is 1130. The van der Waals surface area contributed by atoms with Gasteiger partial charge in [0.25, 0.3) is 0 Å². The van der Waals surface area contributed by atoms with Crippen LogP contribution in [0.5, 0.6) is 17.2 Å². The molecule has 0 N–H and O–H groups in total. The molecule has 0 bridgehead atoms. The fourth-order valence-electron chi connectivity index (χ4n) is 2.98. The summed E-state index contributed by atoms with van der Waals surface area (Å²) < 4.78 is 17.4. The summed E-state index contributed by atoms with van der Waals surface area (Å²) >= 11 is 3.34. The highest BCUT2D eigenvalue weighted by atomic mass is 79.9. The van der Waals surface area contributed by atoms with E-state index < -0.39 is 0 Å². The summed E-state index contributed by atoms with van der Waals surface area (Å²) in [7, 11) is 1.60. The first-order chi connectivity index (χ1) is 14.5. The number of halogens is 1. The van der Waals surface area contributed by atoms with E-state index in [2.05, 4.69) is 15.9 Å². The molecule has 0 amide bonds. The molecule has 0 radical (unpaired) electrons. The van der Waals surface area contributed by atoms with E-state index in [1.165, 1.54) is 0 Å². The van der Waals surface area contributed by atoms with Crippen molar-refractivity contribution in [2.45, 2.75) is 0 Å². The van der Waals surface area contributed by atoms with Gasteiger partial charge >= 0.3 is 0 Å². The summed E-state index contributed by atoms with van der Waals surface area (Å²) in [5.74, 6) is 1.50. The Balaban J connectivity index is 1.45. The second kappa shape index (κ2) is 8.55. The monoisotopic (exact) mass is 464 g/mol. The van der Waals surface area contributed by atoms with Crippen molar-refractivity contribution in [3.05, 3.63) is 93.7 Å². The third-order valence-electron chi connectivity index (χ3n) is 4.59. The molecule has 4 rings (SSSR count). The number of fused-ring (bicyclic) bond motifs is 1. The summed E-state index contributed by atoms with van der Waals surface area (Å²) in [6, 6.07) is 19.3. The second-order valence-corrected chi connectivity index (χ2v) is 7.51. The van der Waals surface area contributed by atoms with Crippen LogP contribution < -0.4 is 14.2 Å². The molecule has 0 fully saturated rings. The topological polar surface area (TPSA) is 61.8 Å². The average Bonchev–Trinajstić information content (AvgIpc) is 3.07. The summed E-state index contributed by atoms with van der Waals surface area (Å²) in [5.41, 5.74) is 1.85. The van der Waals surface area contributed by atoms with Crippen LogP contribution in [0.1, 0.15) is 26.3 Å². The van der Waals surface area contributed by atoms with Gasteiger partial charge in [-0.05, 0) is 48.0 Å². The predicted octanol–water partition coefficient (Wildman–Crippen LogP) is 5.34. The van der Waals surface area contributed by atoms with E-state index in [4.69, 9.17) is 14.2 Å². The molecule has 0 unspecified atom stereocenters. The molecule has 3 aromatic rings. The Morgan fingerprint density at radius 3 is 2.40 bits per heavy atom. The second-order valence-electron chi connectivity index (χ2n) is 6.59. The van der Waals surface area contributed by atoms with Gasteiger partial charge in [-0.15, -0.1) is 0 Å². The van der Waals surface area contributed by atoms with Crippen LogP contribution in [0.4, 0.5) is 0 Å². The lowest BCUT2D eigenvalue weighted by Crippen LogP contribution is -2.11. The lowest BCUT2D eigenvalue weighted by atomic mass is 10.1. The lowest BCUT2D eigenvalue weighted by Gasteiger charge is -2.07. The fraction of sp³-hybridized carbons (Fsp3) is 0.0833. The van der Waals surface area contributed by atoms with Gasteiger partial charge in [0.2, 0.25) is 5.78 Å². The van der Waals surface area contributed by atoms with E-state index in [-0.39, 0.29) is 23.9 Å². The van der Waals surface area contributed by atoms with Crippen molar-refractivity contribution in [1.82, 2.24) is 0 Å². The largest absolute Gasteiger partial charge is 0.497 e. The van der Waals surface area contributed by atoms with Gasteiger partial charge in [-0.2, -0.15) is 0 Å². The molecule has 0 spiro atoms. The summed E-state index contributed by atoms with van der Waals surface area (Å²) in [4.78, 5) is 24.9. The van der Waals surface area contributed by atoms with Crippen LogP contribution in [-0.4, -0.2) is 25.3 Å². The van der Waals surface area contributed by atoms with Gasteiger partial charge in [0.05, 0.1) is 12.7 Å². The first kappa shape index (κ1) is 19.9. The zero-order valence-corrected chi connectivity index (χ0v) is 17.6. The van der Waals surface area contributed by atoms with Crippen LogP contribution in [0.3, 0.4) is 0 Å². The van der Waals surface area contributed by atoms with E-state index in [0.29, 0.717) is 22.6 Å². The van der Waals surface area contributed by atoms with Gasteiger partial charge in [0, 0.05) is 16.1 Å². The van der Waals surface area contributed by atoms with Crippen LogP contribution in [0.25, 0.3) is 6.08 Å². The van der Waals surface area contributed by atoms with Crippen molar-refractivity contribution in [1.29, 1.82) is 0 Å². The molecule has 0 aliphatic carbocycles. The van der Waals surface area contributed by atoms with Crippen molar-refractivity contribution in [3.63, 3.8) is 0 Å². The zero-order valence-electron chi connectivity index (χ0n) is 16.1. The highest BCUT2D eigenvalue weighted by Crippen LogP contribution is 2.35. The van der Waals surface area contributed by atoms with Gasteiger partial charge in [0.1, 0.15) is 17.2 Å². The Morgan fingerprint density at radius 1 is 1.00 bits per heavy atom. The number of hydrogen-bond donors (Lipinski definition) is 0. The Hall–Kier alpha value is -3.38. The number of carbonyl (C=O) groups is 2. The van der Waals surface area contributed by atoms with Crippen molar-refractivity contribution in [3.8, 4) is 17.2 Å². The van der Waals surface area contributed by atoms with Crippen LogP contribution in [-0.2, 0) is 0 Å². The lowest BCUT2D eigenvalue weighted by molar-refractivity contribution is 0.0921. The molecular weight excluding hydrogens is 448 g/mol. The van der Waals surface area contributed by atoms with Crippen LogP contribution in [0, 0.1) is 0 Å². The molecular formula is C24H17BrO5.